The van der Waals surface area contributed by atoms with Crippen LogP contribution in [0.2, 0.25) is 0 Å². The van der Waals surface area contributed by atoms with Crippen LogP contribution in [0.1, 0.15) is 41.8 Å². The van der Waals surface area contributed by atoms with Crippen LogP contribution in [0.3, 0.4) is 0 Å². The molecule has 178 valence electrons. The van der Waals surface area contributed by atoms with Crippen molar-refractivity contribution in [2.24, 2.45) is 0 Å². The van der Waals surface area contributed by atoms with Crippen molar-refractivity contribution < 1.29 is 14.6 Å². The molecule has 2 aromatic carbocycles. The number of pyridine rings is 1. The van der Waals surface area contributed by atoms with E-state index in [4.69, 9.17) is 4.74 Å². The lowest BCUT2D eigenvalue weighted by Crippen LogP contribution is -2.37. The zero-order valence-electron chi connectivity index (χ0n) is 19.8. The Kier molecular flexibility index (Phi) is 7.44. The molecule has 0 saturated heterocycles. The van der Waals surface area contributed by atoms with Gasteiger partial charge in [-0.2, -0.15) is 5.26 Å². The van der Waals surface area contributed by atoms with E-state index in [0.29, 0.717) is 29.7 Å². The standard InChI is InChI=1S/C28H28N4O3/c1-19(2)35-26-11-10-22(16-23(26)17-29)28(34)30-24(12-14-33)15-20-6-8-21(9-7-20)25-18-32-13-4-3-5-27(32)31-25/h3-11,13,16,18-19,24,33H,12,14-15H2,1-2H3,(H,30,34). The minimum Gasteiger partial charge on any atom is -0.490 e. The highest BCUT2D eigenvalue weighted by atomic mass is 16.5. The number of nitrogens with zero attached hydrogens (tertiary/aromatic N) is 3. The highest BCUT2D eigenvalue weighted by Crippen LogP contribution is 2.22. The molecule has 0 aliphatic carbocycles. The van der Waals surface area contributed by atoms with Crippen molar-refractivity contribution in [3.05, 3.63) is 89.7 Å². The number of fused-ring (bicyclic) bond motifs is 1. The van der Waals surface area contributed by atoms with Gasteiger partial charge in [-0.3, -0.25) is 4.79 Å². The van der Waals surface area contributed by atoms with Crippen LogP contribution >= 0.6 is 0 Å². The van der Waals surface area contributed by atoms with E-state index in [0.717, 1.165) is 22.5 Å². The number of carbonyl (C=O) groups is 1. The molecular formula is C28H28N4O3. The van der Waals surface area contributed by atoms with Gasteiger partial charge < -0.3 is 19.6 Å². The van der Waals surface area contributed by atoms with Gasteiger partial charge in [-0.05, 0) is 62.6 Å². The number of aliphatic hydroxyl groups is 1. The summed E-state index contributed by atoms with van der Waals surface area (Å²) in [5, 5.41) is 22.0. The van der Waals surface area contributed by atoms with Gasteiger partial charge >= 0.3 is 0 Å². The molecule has 2 N–H and O–H groups in total. The van der Waals surface area contributed by atoms with E-state index in [9.17, 15) is 15.2 Å². The third kappa shape index (κ3) is 5.86. The summed E-state index contributed by atoms with van der Waals surface area (Å²) in [5.74, 6) is 0.161. The Hall–Kier alpha value is -4.15. The Balaban J connectivity index is 1.45. The van der Waals surface area contributed by atoms with E-state index in [1.54, 1.807) is 12.1 Å². The number of hydrogen-bond donors (Lipinski definition) is 2. The number of carbonyl (C=O) groups excluding carboxylic acids is 1. The van der Waals surface area contributed by atoms with E-state index in [1.807, 2.05) is 73.1 Å². The van der Waals surface area contributed by atoms with E-state index in [-0.39, 0.29) is 24.7 Å². The zero-order valence-corrected chi connectivity index (χ0v) is 19.8. The molecular weight excluding hydrogens is 440 g/mol. The van der Waals surface area contributed by atoms with E-state index in [2.05, 4.69) is 16.4 Å². The van der Waals surface area contributed by atoms with Crippen LogP contribution in [0.15, 0.2) is 73.1 Å². The van der Waals surface area contributed by atoms with Crippen molar-refractivity contribution in [1.82, 2.24) is 14.7 Å². The minimum atomic E-state index is -0.294. The topological polar surface area (TPSA) is 99.7 Å². The molecule has 0 fully saturated rings. The highest BCUT2D eigenvalue weighted by Gasteiger charge is 2.17. The van der Waals surface area contributed by atoms with Gasteiger partial charge in [-0.15, -0.1) is 0 Å². The third-order valence-corrected chi connectivity index (χ3v) is 5.63. The fourth-order valence-corrected chi connectivity index (χ4v) is 3.93. The Bertz CT molecular complexity index is 1320. The van der Waals surface area contributed by atoms with Gasteiger partial charge in [0.05, 0.1) is 17.4 Å². The number of hydrogen-bond acceptors (Lipinski definition) is 5. The Morgan fingerprint density at radius 2 is 1.97 bits per heavy atom. The van der Waals surface area contributed by atoms with Gasteiger partial charge in [0.15, 0.2) is 0 Å². The highest BCUT2D eigenvalue weighted by molar-refractivity contribution is 5.95. The maximum absolute atomic E-state index is 12.9. The summed E-state index contributed by atoms with van der Waals surface area (Å²) in [6.07, 6.45) is 4.87. The van der Waals surface area contributed by atoms with Gasteiger partial charge in [-0.1, -0.05) is 30.3 Å². The van der Waals surface area contributed by atoms with Gasteiger partial charge in [0.1, 0.15) is 17.5 Å². The predicted octanol–water partition coefficient (Wildman–Crippen LogP) is 4.38. The molecule has 4 rings (SSSR count). The first kappa shape index (κ1) is 24.0. The number of aromatic nitrogens is 2. The largest absolute Gasteiger partial charge is 0.490 e. The lowest BCUT2D eigenvalue weighted by molar-refractivity contribution is 0.0930. The summed E-state index contributed by atoms with van der Waals surface area (Å²) in [6.45, 7) is 3.71. The van der Waals surface area contributed by atoms with E-state index in [1.165, 1.54) is 6.07 Å². The smallest absolute Gasteiger partial charge is 0.251 e. The molecule has 7 heteroatoms. The molecule has 7 nitrogen and oxygen atoms in total. The lowest BCUT2D eigenvalue weighted by Gasteiger charge is -2.19. The Morgan fingerprint density at radius 1 is 1.17 bits per heavy atom. The monoisotopic (exact) mass is 468 g/mol. The molecule has 35 heavy (non-hydrogen) atoms. The molecule has 1 atom stereocenters. The fraction of sp³-hybridized carbons (Fsp3) is 0.250. The molecule has 1 unspecified atom stereocenters. The number of imidazole rings is 1. The van der Waals surface area contributed by atoms with Crippen LogP contribution in [0.4, 0.5) is 0 Å². The number of rotatable bonds is 9. The van der Waals surface area contributed by atoms with Crippen LogP contribution < -0.4 is 10.1 Å². The Morgan fingerprint density at radius 3 is 2.66 bits per heavy atom. The number of benzene rings is 2. The maximum Gasteiger partial charge on any atom is 0.251 e. The second kappa shape index (κ2) is 10.9. The van der Waals surface area contributed by atoms with E-state index < -0.39 is 0 Å². The number of nitrogens with one attached hydrogen (secondary N) is 1. The second-order valence-electron chi connectivity index (χ2n) is 8.67. The van der Waals surface area contributed by atoms with Gasteiger partial charge in [-0.25, -0.2) is 4.98 Å². The summed E-state index contributed by atoms with van der Waals surface area (Å²) >= 11 is 0. The molecule has 1 amide bonds. The summed E-state index contributed by atoms with van der Waals surface area (Å²) in [6, 6.07) is 20.6. The summed E-state index contributed by atoms with van der Waals surface area (Å²) < 4.78 is 7.62. The van der Waals surface area contributed by atoms with Crippen LogP contribution in [0, 0.1) is 11.3 Å². The molecule has 4 aromatic rings. The number of ether oxygens (including phenoxy) is 1. The maximum atomic E-state index is 12.9. The first-order valence-corrected chi connectivity index (χ1v) is 11.6. The molecule has 0 aliphatic rings. The van der Waals surface area contributed by atoms with Crippen LogP contribution in [0.25, 0.3) is 16.9 Å². The van der Waals surface area contributed by atoms with Crippen molar-refractivity contribution in [2.75, 3.05) is 6.61 Å². The molecule has 0 radical (unpaired) electrons. The first-order valence-electron chi connectivity index (χ1n) is 11.6. The first-order chi connectivity index (χ1) is 17.0. The van der Waals surface area contributed by atoms with Crippen molar-refractivity contribution in [3.8, 4) is 23.1 Å². The lowest BCUT2D eigenvalue weighted by atomic mass is 10.0. The summed E-state index contributed by atoms with van der Waals surface area (Å²) in [7, 11) is 0. The number of amides is 1. The molecule has 0 saturated carbocycles. The SMILES string of the molecule is CC(C)Oc1ccc(C(=O)NC(CCO)Cc2ccc(-c3cn4ccccc4n3)cc2)cc1C#N. The summed E-state index contributed by atoms with van der Waals surface area (Å²) in [5.41, 5.74) is 4.51. The average molecular weight is 469 g/mol. The quantitative estimate of drug-likeness (QED) is 0.380. The molecule has 2 aromatic heterocycles. The Labute approximate surface area is 204 Å². The number of nitriles is 1. The predicted molar refractivity (Wildman–Crippen MR) is 134 cm³/mol. The van der Waals surface area contributed by atoms with Gasteiger partial charge in [0, 0.05) is 36.2 Å². The van der Waals surface area contributed by atoms with Crippen molar-refractivity contribution >= 4 is 11.6 Å². The second-order valence-corrected chi connectivity index (χ2v) is 8.67. The molecule has 0 bridgehead atoms. The van der Waals surface area contributed by atoms with E-state index >= 15 is 0 Å². The van der Waals surface area contributed by atoms with Crippen LogP contribution in [0.5, 0.6) is 5.75 Å². The van der Waals surface area contributed by atoms with Gasteiger partial charge in [0.2, 0.25) is 0 Å². The molecule has 2 heterocycles. The van der Waals surface area contributed by atoms with Crippen molar-refractivity contribution in [1.29, 1.82) is 5.26 Å². The van der Waals surface area contributed by atoms with Crippen LogP contribution in [-0.4, -0.2) is 39.2 Å². The van der Waals surface area contributed by atoms with Crippen LogP contribution in [-0.2, 0) is 6.42 Å². The summed E-state index contributed by atoms with van der Waals surface area (Å²) in [4.78, 5) is 17.5. The zero-order chi connectivity index (χ0) is 24.8. The normalized spacial score (nSPS) is 11.9. The van der Waals surface area contributed by atoms with Gasteiger partial charge in [0.25, 0.3) is 5.91 Å². The van der Waals surface area contributed by atoms with Crippen molar-refractivity contribution in [2.45, 2.75) is 38.8 Å². The molecule has 0 aliphatic heterocycles. The number of aliphatic hydroxyl groups excluding tert-OH is 1. The van der Waals surface area contributed by atoms with Crippen molar-refractivity contribution in [3.63, 3.8) is 0 Å². The third-order valence-electron chi connectivity index (χ3n) is 5.63. The average Bonchev–Trinajstić information content (AvgIpc) is 3.29. The molecule has 0 spiro atoms. The fourth-order valence-electron chi connectivity index (χ4n) is 3.93. The minimum absolute atomic E-state index is 0.0467.